The second-order valence-corrected chi connectivity index (χ2v) is 10.4. The Morgan fingerprint density at radius 3 is 2.69 bits per heavy atom. The molecule has 5 aliphatic rings. The molecule has 0 heterocycles. The van der Waals surface area contributed by atoms with Crippen LogP contribution in [-0.4, -0.2) is 10.9 Å². The van der Waals surface area contributed by atoms with Gasteiger partial charge in [-0.15, -0.1) is 0 Å². The molecular weight excluding hydrogens is 322 g/mol. The van der Waals surface area contributed by atoms with E-state index in [0.717, 1.165) is 36.8 Å². The Bertz CT molecular complexity index is 804. The first-order valence-corrected chi connectivity index (χ1v) is 10.3. The number of allylic oxidation sites excluding steroid dienone is 2. The molecule has 0 radical (unpaired) electrons. The molecule has 0 aromatic carbocycles. The number of fused-ring (bicyclic) bond motifs is 7. The Labute approximate surface area is 156 Å². The van der Waals surface area contributed by atoms with Gasteiger partial charge >= 0.3 is 0 Å². The molecule has 3 heteroatoms. The summed E-state index contributed by atoms with van der Waals surface area (Å²) in [7, 11) is 0. The zero-order chi connectivity index (χ0) is 18.5. The molecule has 0 unspecified atom stereocenters. The number of carbonyl (C=O) groups excluding carboxylic acids is 1. The normalized spacial score (nSPS) is 55.9. The van der Waals surface area contributed by atoms with E-state index in [-0.39, 0.29) is 22.0 Å². The van der Waals surface area contributed by atoms with Gasteiger partial charge in [-0.05, 0) is 96.7 Å². The molecular formula is C23H29NO2. The number of hydrogen-bond donors (Lipinski definition) is 1. The van der Waals surface area contributed by atoms with Crippen LogP contribution in [0.1, 0.15) is 59.3 Å². The van der Waals surface area contributed by atoms with Crippen LogP contribution in [-0.2, 0) is 4.79 Å². The van der Waals surface area contributed by atoms with E-state index >= 15 is 0 Å². The van der Waals surface area contributed by atoms with Crippen LogP contribution in [0.15, 0.2) is 23.5 Å². The monoisotopic (exact) mass is 351 g/mol. The Morgan fingerprint density at radius 1 is 1.23 bits per heavy atom. The minimum Gasteiger partial charge on any atom is -0.515 e. The second kappa shape index (κ2) is 4.83. The molecule has 8 atom stereocenters. The van der Waals surface area contributed by atoms with Gasteiger partial charge in [0.15, 0.2) is 5.78 Å². The Kier molecular flexibility index (Phi) is 3.08. The molecule has 0 bridgehead atoms. The number of aliphatic hydroxyl groups is 1. The number of nitriles is 1. The SMILES string of the molecule is C[C@]12CCC(=O)C=C1C(=CO)C[C@H]1[C@@H]3[C@@H]4C[C@@H]4[C@](C)(C#N)[C@@]3(C)CC[C@@H]12. The van der Waals surface area contributed by atoms with Gasteiger partial charge in [-0.1, -0.05) is 13.8 Å². The van der Waals surface area contributed by atoms with Gasteiger partial charge in [-0.2, -0.15) is 5.26 Å². The summed E-state index contributed by atoms with van der Waals surface area (Å²) < 4.78 is 0. The number of ketones is 1. The number of nitrogens with zero attached hydrogens (tertiary/aromatic N) is 1. The predicted molar refractivity (Wildman–Crippen MR) is 98.9 cm³/mol. The Balaban J connectivity index is 1.61. The highest BCUT2D eigenvalue weighted by atomic mass is 16.2. The lowest BCUT2D eigenvalue weighted by Gasteiger charge is -2.60. The van der Waals surface area contributed by atoms with Crippen molar-refractivity contribution in [2.24, 2.45) is 45.8 Å². The second-order valence-electron chi connectivity index (χ2n) is 10.4. The van der Waals surface area contributed by atoms with Crippen LogP contribution in [0, 0.1) is 57.2 Å². The van der Waals surface area contributed by atoms with Crippen LogP contribution in [0.4, 0.5) is 0 Å². The fourth-order valence-electron chi connectivity index (χ4n) is 8.17. The van der Waals surface area contributed by atoms with E-state index < -0.39 is 0 Å². The van der Waals surface area contributed by atoms with Gasteiger partial charge < -0.3 is 5.11 Å². The van der Waals surface area contributed by atoms with Gasteiger partial charge in [0.05, 0.1) is 17.7 Å². The Morgan fingerprint density at radius 2 is 2.00 bits per heavy atom. The van der Waals surface area contributed by atoms with Crippen molar-refractivity contribution in [2.75, 3.05) is 0 Å². The van der Waals surface area contributed by atoms with Crippen molar-refractivity contribution in [1.82, 2.24) is 0 Å². The lowest BCUT2D eigenvalue weighted by molar-refractivity contribution is -0.117. The fourth-order valence-corrected chi connectivity index (χ4v) is 8.17. The van der Waals surface area contributed by atoms with Crippen LogP contribution in [0.25, 0.3) is 0 Å². The number of hydrogen-bond acceptors (Lipinski definition) is 3. The van der Waals surface area contributed by atoms with E-state index in [0.29, 0.717) is 36.0 Å². The van der Waals surface area contributed by atoms with Crippen LogP contribution in [0.3, 0.4) is 0 Å². The number of rotatable bonds is 0. The molecule has 138 valence electrons. The van der Waals surface area contributed by atoms with Crippen LogP contribution >= 0.6 is 0 Å². The minimum atomic E-state index is -0.198. The molecule has 0 amide bonds. The summed E-state index contributed by atoms with van der Waals surface area (Å²) in [6.45, 7) is 6.93. The summed E-state index contributed by atoms with van der Waals surface area (Å²) in [4.78, 5) is 12.1. The standard InChI is InChI=1S/C23H29NO2/c1-21-6-4-14(26)9-18(21)13(11-25)8-15-17(21)5-7-22(2)20(15)16-10-19(16)23(22,3)12-24/h9,11,15-17,19-20,25H,4-8,10H2,1-3H3/t15-,16-,17+,19+,20-,21-,22+,23+/m1/s1. The molecule has 3 nitrogen and oxygen atoms in total. The lowest BCUT2D eigenvalue weighted by atomic mass is 9.43. The topological polar surface area (TPSA) is 61.1 Å². The molecule has 4 saturated carbocycles. The molecule has 5 aliphatic carbocycles. The largest absolute Gasteiger partial charge is 0.515 e. The fraction of sp³-hybridized carbons (Fsp3) is 0.739. The van der Waals surface area contributed by atoms with E-state index in [1.54, 1.807) is 0 Å². The van der Waals surface area contributed by atoms with Crippen molar-refractivity contribution in [1.29, 1.82) is 5.26 Å². The van der Waals surface area contributed by atoms with Crippen molar-refractivity contribution >= 4 is 5.78 Å². The third-order valence-corrected chi connectivity index (χ3v) is 9.74. The van der Waals surface area contributed by atoms with Gasteiger partial charge in [-0.25, -0.2) is 0 Å². The summed E-state index contributed by atoms with van der Waals surface area (Å²) in [5.74, 6) is 3.16. The number of aliphatic hydroxyl groups excluding tert-OH is 1. The van der Waals surface area contributed by atoms with Crippen LogP contribution in [0.2, 0.25) is 0 Å². The van der Waals surface area contributed by atoms with E-state index in [4.69, 9.17) is 0 Å². The van der Waals surface area contributed by atoms with Gasteiger partial charge in [0.2, 0.25) is 0 Å². The number of carbonyl (C=O) groups is 1. The highest BCUT2D eigenvalue weighted by molar-refractivity contribution is 5.92. The van der Waals surface area contributed by atoms with Crippen LogP contribution < -0.4 is 0 Å². The minimum absolute atomic E-state index is 0.00272. The maximum absolute atomic E-state index is 12.1. The molecule has 5 rings (SSSR count). The molecule has 0 saturated heterocycles. The van der Waals surface area contributed by atoms with E-state index in [1.165, 1.54) is 12.7 Å². The first-order valence-electron chi connectivity index (χ1n) is 10.3. The van der Waals surface area contributed by atoms with Crippen molar-refractivity contribution in [3.8, 4) is 6.07 Å². The first kappa shape index (κ1) is 16.6. The highest BCUT2D eigenvalue weighted by Crippen LogP contribution is 2.79. The first-order chi connectivity index (χ1) is 12.3. The molecule has 0 aliphatic heterocycles. The van der Waals surface area contributed by atoms with Gasteiger partial charge in [-0.3, -0.25) is 4.79 Å². The van der Waals surface area contributed by atoms with Crippen molar-refractivity contribution in [3.05, 3.63) is 23.5 Å². The molecule has 0 aromatic rings. The lowest BCUT2D eigenvalue weighted by Crippen LogP contribution is -2.54. The molecule has 0 aromatic heterocycles. The third-order valence-electron chi connectivity index (χ3n) is 9.74. The van der Waals surface area contributed by atoms with Gasteiger partial charge in [0, 0.05) is 6.42 Å². The van der Waals surface area contributed by atoms with Gasteiger partial charge in [0.1, 0.15) is 0 Å². The zero-order valence-corrected chi connectivity index (χ0v) is 16.1. The van der Waals surface area contributed by atoms with Crippen LogP contribution in [0.5, 0.6) is 0 Å². The van der Waals surface area contributed by atoms with Crippen molar-refractivity contribution in [2.45, 2.75) is 59.3 Å². The Hall–Kier alpha value is -1.56. The van der Waals surface area contributed by atoms with Crippen molar-refractivity contribution in [3.63, 3.8) is 0 Å². The molecule has 4 fully saturated rings. The third kappa shape index (κ3) is 1.68. The predicted octanol–water partition coefficient (Wildman–Crippen LogP) is 4.96. The summed E-state index contributed by atoms with van der Waals surface area (Å²) in [6, 6.07) is 2.74. The van der Waals surface area contributed by atoms with Crippen molar-refractivity contribution < 1.29 is 9.90 Å². The van der Waals surface area contributed by atoms with E-state index in [2.05, 4.69) is 26.8 Å². The molecule has 26 heavy (non-hydrogen) atoms. The maximum atomic E-state index is 12.1. The molecule has 0 spiro atoms. The van der Waals surface area contributed by atoms with E-state index in [1.807, 2.05) is 6.08 Å². The summed E-state index contributed by atoms with van der Waals surface area (Å²) in [5, 5.41) is 20.0. The molecule has 1 N–H and O–H groups in total. The van der Waals surface area contributed by atoms with E-state index in [9.17, 15) is 15.2 Å². The zero-order valence-electron chi connectivity index (χ0n) is 16.1. The maximum Gasteiger partial charge on any atom is 0.156 e. The summed E-state index contributed by atoms with van der Waals surface area (Å²) in [5.41, 5.74) is 1.99. The smallest absolute Gasteiger partial charge is 0.156 e. The quantitative estimate of drug-likeness (QED) is 0.628. The summed E-state index contributed by atoms with van der Waals surface area (Å²) >= 11 is 0. The summed E-state index contributed by atoms with van der Waals surface area (Å²) in [6.07, 6.45) is 9.00. The average molecular weight is 351 g/mol. The highest BCUT2D eigenvalue weighted by Gasteiger charge is 2.75. The van der Waals surface area contributed by atoms with Gasteiger partial charge in [0.25, 0.3) is 0 Å². The average Bonchev–Trinajstić information content (AvgIpc) is 3.37.